The highest BCUT2D eigenvalue weighted by Gasteiger charge is 2.12. The average Bonchev–Trinajstić information content (AvgIpc) is 2.54. The number of aromatic nitrogens is 1. The van der Waals surface area contributed by atoms with Crippen LogP contribution in [-0.2, 0) is 6.54 Å². The van der Waals surface area contributed by atoms with Gasteiger partial charge in [-0.05, 0) is 31.0 Å². The second-order valence-corrected chi connectivity index (χ2v) is 5.45. The van der Waals surface area contributed by atoms with E-state index >= 15 is 0 Å². The standard InChI is InChI=1S/C19H18N2O/c1-13-7-6-10-16-17(11-14(2)21-18(13)16)19(22)20-12-15-8-4-3-5-9-15/h3-11H,12H2,1-2H3,(H,20,22). The van der Waals surface area contributed by atoms with Crippen LogP contribution in [0.2, 0.25) is 0 Å². The predicted molar refractivity (Wildman–Crippen MR) is 88.8 cm³/mol. The van der Waals surface area contributed by atoms with Crippen molar-refractivity contribution < 1.29 is 4.79 Å². The van der Waals surface area contributed by atoms with Gasteiger partial charge in [-0.2, -0.15) is 0 Å². The summed E-state index contributed by atoms with van der Waals surface area (Å²) in [5, 5.41) is 3.89. The minimum absolute atomic E-state index is 0.0649. The Kier molecular flexibility index (Phi) is 3.88. The molecule has 0 aliphatic carbocycles. The molecule has 0 bridgehead atoms. The number of hydrogen-bond acceptors (Lipinski definition) is 2. The van der Waals surface area contributed by atoms with Crippen LogP contribution in [-0.4, -0.2) is 10.9 Å². The van der Waals surface area contributed by atoms with E-state index in [1.165, 1.54) is 0 Å². The minimum atomic E-state index is -0.0649. The molecule has 0 fully saturated rings. The average molecular weight is 290 g/mol. The molecule has 0 unspecified atom stereocenters. The van der Waals surface area contributed by atoms with Crippen molar-refractivity contribution in [1.82, 2.24) is 10.3 Å². The van der Waals surface area contributed by atoms with Gasteiger partial charge < -0.3 is 5.32 Å². The van der Waals surface area contributed by atoms with Gasteiger partial charge in [0.25, 0.3) is 5.91 Å². The fourth-order valence-corrected chi connectivity index (χ4v) is 2.58. The number of carbonyl (C=O) groups is 1. The van der Waals surface area contributed by atoms with Crippen LogP contribution in [0.5, 0.6) is 0 Å². The molecule has 0 radical (unpaired) electrons. The summed E-state index contributed by atoms with van der Waals surface area (Å²) >= 11 is 0. The zero-order chi connectivity index (χ0) is 15.5. The Balaban J connectivity index is 1.92. The number of carbonyl (C=O) groups excluding carboxylic acids is 1. The van der Waals surface area contributed by atoms with Crippen LogP contribution < -0.4 is 5.32 Å². The molecule has 3 aromatic rings. The first-order valence-corrected chi connectivity index (χ1v) is 7.34. The highest BCUT2D eigenvalue weighted by molar-refractivity contribution is 6.06. The Morgan fingerprint density at radius 1 is 1.05 bits per heavy atom. The lowest BCUT2D eigenvalue weighted by molar-refractivity contribution is 0.0952. The number of hydrogen-bond donors (Lipinski definition) is 1. The number of pyridine rings is 1. The number of nitrogens with one attached hydrogen (secondary N) is 1. The van der Waals surface area contributed by atoms with Crippen molar-refractivity contribution >= 4 is 16.8 Å². The molecule has 3 rings (SSSR count). The molecule has 1 amide bonds. The molecule has 3 heteroatoms. The SMILES string of the molecule is Cc1cc(C(=O)NCc2ccccc2)c2cccc(C)c2n1. The van der Waals surface area contributed by atoms with Crippen molar-refractivity contribution in [3.05, 3.63) is 77.0 Å². The fourth-order valence-electron chi connectivity index (χ4n) is 2.58. The van der Waals surface area contributed by atoms with Gasteiger partial charge in [0.15, 0.2) is 0 Å². The topological polar surface area (TPSA) is 42.0 Å². The van der Waals surface area contributed by atoms with Gasteiger partial charge in [-0.3, -0.25) is 9.78 Å². The van der Waals surface area contributed by atoms with E-state index in [1.54, 1.807) is 0 Å². The monoisotopic (exact) mass is 290 g/mol. The van der Waals surface area contributed by atoms with Crippen molar-refractivity contribution in [3.63, 3.8) is 0 Å². The van der Waals surface area contributed by atoms with Crippen LogP contribution in [0.4, 0.5) is 0 Å². The van der Waals surface area contributed by atoms with Crippen molar-refractivity contribution in [2.24, 2.45) is 0 Å². The maximum Gasteiger partial charge on any atom is 0.252 e. The zero-order valence-corrected chi connectivity index (χ0v) is 12.8. The molecule has 0 aliphatic heterocycles. The number of amides is 1. The van der Waals surface area contributed by atoms with Gasteiger partial charge >= 0.3 is 0 Å². The quantitative estimate of drug-likeness (QED) is 0.797. The number of nitrogens with zero attached hydrogens (tertiary/aromatic N) is 1. The lowest BCUT2D eigenvalue weighted by Gasteiger charge is -2.10. The number of rotatable bonds is 3. The molecule has 1 N–H and O–H groups in total. The molecule has 110 valence electrons. The van der Waals surface area contributed by atoms with Gasteiger partial charge in [-0.25, -0.2) is 0 Å². The molecule has 3 nitrogen and oxygen atoms in total. The van der Waals surface area contributed by atoms with Crippen molar-refractivity contribution in [2.45, 2.75) is 20.4 Å². The van der Waals surface area contributed by atoms with Crippen LogP contribution in [0.1, 0.15) is 27.2 Å². The summed E-state index contributed by atoms with van der Waals surface area (Å²) in [6.07, 6.45) is 0. The first-order valence-electron chi connectivity index (χ1n) is 7.34. The Labute approximate surface area is 130 Å². The summed E-state index contributed by atoms with van der Waals surface area (Å²) < 4.78 is 0. The van der Waals surface area contributed by atoms with E-state index in [0.717, 1.165) is 27.7 Å². The lowest BCUT2D eigenvalue weighted by atomic mass is 10.0. The Morgan fingerprint density at radius 3 is 2.59 bits per heavy atom. The van der Waals surface area contributed by atoms with Crippen LogP contribution in [0, 0.1) is 13.8 Å². The van der Waals surface area contributed by atoms with E-state index in [0.29, 0.717) is 12.1 Å². The zero-order valence-electron chi connectivity index (χ0n) is 12.8. The molecular weight excluding hydrogens is 272 g/mol. The van der Waals surface area contributed by atoms with Gasteiger partial charge in [0.05, 0.1) is 11.1 Å². The normalized spacial score (nSPS) is 10.6. The second kappa shape index (κ2) is 5.98. The fraction of sp³-hybridized carbons (Fsp3) is 0.158. The summed E-state index contributed by atoms with van der Waals surface area (Å²) in [5.74, 6) is -0.0649. The Morgan fingerprint density at radius 2 is 1.82 bits per heavy atom. The summed E-state index contributed by atoms with van der Waals surface area (Å²) in [6, 6.07) is 17.7. The van der Waals surface area contributed by atoms with E-state index in [2.05, 4.69) is 10.3 Å². The van der Waals surface area contributed by atoms with Crippen LogP contribution in [0.3, 0.4) is 0 Å². The third kappa shape index (κ3) is 2.84. The van der Waals surface area contributed by atoms with E-state index in [1.807, 2.05) is 68.4 Å². The van der Waals surface area contributed by atoms with E-state index in [4.69, 9.17) is 0 Å². The smallest absolute Gasteiger partial charge is 0.252 e. The lowest BCUT2D eigenvalue weighted by Crippen LogP contribution is -2.23. The summed E-state index contributed by atoms with van der Waals surface area (Å²) in [7, 11) is 0. The molecular formula is C19H18N2O. The second-order valence-electron chi connectivity index (χ2n) is 5.45. The van der Waals surface area contributed by atoms with Crippen molar-refractivity contribution in [1.29, 1.82) is 0 Å². The minimum Gasteiger partial charge on any atom is -0.348 e. The Hall–Kier alpha value is -2.68. The van der Waals surface area contributed by atoms with Crippen LogP contribution in [0.25, 0.3) is 10.9 Å². The van der Waals surface area contributed by atoms with Crippen molar-refractivity contribution in [2.75, 3.05) is 0 Å². The first-order chi connectivity index (χ1) is 10.6. The largest absolute Gasteiger partial charge is 0.348 e. The molecule has 0 saturated carbocycles. The third-order valence-corrected chi connectivity index (χ3v) is 3.71. The van der Waals surface area contributed by atoms with Gasteiger partial charge in [0.1, 0.15) is 0 Å². The van der Waals surface area contributed by atoms with Gasteiger partial charge in [-0.15, -0.1) is 0 Å². The van der Waals surface area contributed by atoms with Gasteiger partial charge in [-0.1, -0.05) is 48.5 Å². The summed E-state index contributed by atoms with van der Waals surface area (Å²) in [4.78, 5) is 17.1. The van der Waals surface area contributed by atoms with Gasteiger partial charge in [0.2, 0.25) is 0 Å². The highest BCUT2D eigenvalue weighted by Crippen LogP contribution is 2.21. The summed E-state index contributed by atoms with van der Waals surface area (Å²) in [6.45, 7) is 4.45. The molecule has 1 heterocycles. The number of benzene rings is 2. The Bertz CT molecular complexity index is 825. The molecule has 0 saturated heterocycles. The molecule has 0 aliphatic rings. The molecule has 0 spiro atoms. The van der Waals surface area contributed by atoms with E-state index < -0.39 is 0 Å². The van der Waals surface area contributed by atoms with Crippen molar-refractivity contribution in [3.8, 4) is 0 Å². The maximum absolute atomic E-state index is 12.6. The van der Waals surface area contributed by atoms with Gasteiger partial charge in [0, 0.05) is 17.6 Å². The van der Waals surface area contributed by atoms with Crippen LogP contribution >= 0.6 is 0 Å². The maximum atomic E-state index is 12.6. The molecule has 22 heavy (non-hydrogen) atoms. The van der Waals surface area contributed by atoms with Crippen LogP contribution in [0.15, 0.2) is 54.6 Å². The number of para-hydroxylation sites is 1. The first kappa shape index (κ1) is 14.3. The number of fused-ring (bicyclic) bond motifs is 1. The van der Waals surface area contributed by atoms with E-state index in [-0.39, 0.29) is 5.91 Å². The predicted octanol–water partition coefficient (Wildman–Crippen LogP) is 3.78. The van der Waals surface area contributed by atoms with E-state index in [9.17, 15) is 4.79 Å². The number of aryl methyl sites for hydroxylation is 2. The third-order valence-electron chi connectivity index (χ3n) is 3.71. The highest BCUT2D eigenvalue weighted by atomic mass is 16.1. The molecule has 2 aromatic carbocycles. The molecule has 1 aromatic heterocycles. The summed E-state index contributed by atoms with van der Waals surface area (Å²) in [5.41, 5.74) is 4.60. The molecule has 0 atom stereocenters.